The summed E-state index contributed by atoms with van der Waals surface area (Å²) >= 11 is 0. The fourth-order valence-electron chi connectivity index (χ4n) is 10.1. The SMILES string of the molecule is N#Cc1cn2c(NCc3c(F)ccc4c3CC(C3Cc5c(ccc(F)c5CNc5ncc(-c6ccc7c(c6)CCNC7)c6nc(C#N)cn56)O3)O4)ncc(-c3ccc(C4CCCN4)cc3)c2n1. The van der Waals surface area contributed by atoms with E-state index < -0.39 is 23.8 Å². The van der Waals surface area contributed by atoms with Crippen LogP contribution in [0.5, 0.6) is 11.5 Å². The van der Waals surface area contributed by atoms with Gasteiger partial charge in [0.05, 0.1) is 12.4 Å². The van der Waals surface area contributed by atoms with E-state index in [0.717, 1.165) is 61.2 Å². The Morgan fingerprint density at radius 1 is 0.701 bits per heavy atom. The molecule has 1 fully saturated rings. The van der Waals surface area contributed by atoms with E-state index >= 15 is 8.78 Å². The van der Waals surface area contributed by atoms with E-state index in [0.29, 0.717) is 75.8 Å². The highest BCUT2D eigenvalue weighted by molar-refractivity contribution is 5.80. The minimum absolute atomic E-state index is 0.0859. The van der Waals surface area contributed by atoms with Crippen LogP contribution in [0, 0.1) is 34.3 Å². The summed E-state index contributed by atoms with van der Waals surface area (Å²) in [6, 6.07) is 25.4. The number of imidazole rings is 2. The number of halogens is 2. The predicted octanol–water partition coefficient (Wildman–Crippen LogP) is 7.73. The molecule has 3 atom stereocenters. The molecule has 1 saturated heterocycles. The Bertz CT molecular complexity index is 3370. The molecular formula is C51H42F2N12O2. The highest BCUT2D eigenvalue weighted by Crippen LogP contribution is 2.41. The topological polar surface area (TPSA) is 175 Å². The van der Waals surface area contributed by atoms with Crippen LogP contribution in [0.25, 0.3) is 33.5 Å². The summed E-state index contributed by atoms with van der Waals surface area (Å²) in [5, 5.41) is 33.2. The minimum atomic E-state index is -0.470. The summed E-state index contributed by atoms with van der Waals surface area (Å²) in [7, 11) is 0. The second-order valence-corrected chi connectivity index (χ2v) is 17.5. The fourth-order valence-corrected chi connectivity index (χ4v) is 10.1. The van der Waals surface area contributed by atoms with Gasteiger partial charge >= 0.3 is 0 Å². The van der Waals surface area contributed by atoms with Crippen molar-refractivity contribution in [2.24, 2.45) is 0 Å². The number of nitrogens with one attached hydrogen (secondary N) is 4. The zero-order chi connectivity index (χ0) is 45.2. The Balaban J connectivity index is 0.757. The number of hydrogen-bond donors (Lipinski definition) is 4. The van der Waals surface area contributed by atoms with E-state index in [1.807, 2.05) is 6.07 Å². The van der Waals surface area contributed by atoms with Crippen molar-refractivity contribution >= 4 is 23.2 Å². The number of rotatable bonds is 10. The molecule has 4 N–H and O–H groups in total. The average Bonchev–Trinajstić information content (AvgIpc) is 4.23. The van der Waals surface area contributed by atoms with Gasteiger partial charge in [0, 0.05) is 84.3 Å². The van der Waals surface area contributed by atoms with E-state index in [-0.39, 0.29) is 24.5 Å². The first-order chi connectivity index (χ1) is 32.9. The van der Waals surface area contributed by atoms with Crippen LogP contribution in [0.1, 0.15) is 69.2 Å². The summed E-state index contributed by atoms with van der Waals surface area (Å²) in [6.07, 6.45) is 9.71. The molecule has 67 heavy (non-hydrogen) atoms. The molecule has 4 aliphatic rings. The molecule has 16 heteroatoms. The largest absolute Gasteiger partial charge is 0.486 e. The van der Waals surface area contributed by atoms with Gasteiger partial charge in [0.2, 0.25) is 11.9 Å². The van der Waals surface area contributed by atoms with Gasteiger partial charge in [-0.05, 0) is 84.4 Å². The van der Waals surface area contributed by atoms with Crippen molar-refractivity contribution in [2.75, 3.05) is 23.7 Å². The number of ether oxygens (including phenoxy) is 2. The summed E-state index contributed by atoms with van der Waals surface area (Å²) in [4.78, 5) is 18.7. The summed E-state index contributed by atoms with van der Waals surface area (Å²) in [5.41, 5.74) is 11.1. The van der Waals surface area contributed by atoms with Crippen LogP contribution in [-0.4, -0.2) is 54.0 Å². The Labute approximate surface area is 383 Å². The molecule has 8 aromatic rings. The van der Waals surface area contributed by atoms with Gasteiger partial charge in [0.25, 0.3) is 0 Å². The molecule has 0 amide bonds. The summed E-state index contributed by atoms with van der Waals surface area (Å²) in [5.74, 6) is 1.13. The van der Waals surface area contributed by atoms with Crippen molar-refractivity contribution < 1.29 is 18.3 Å². The maximum absolute atomic E-state index is 15.8. The molecule has 4 aromatic heterocycles. The standard InChI is InChI=1S/C51H42F2N12O2/c52-41-9-11-44-35(39(41)24-60-50-58-22-37(48-62-33(19-54)26-64(48)50)28-3-5-29(6-4-28)43-2-1-14-57-43)17-46(66-44)47-18-36-40(42(53)10-12-45(36)67-47)25-61-51-59-23-38(49-63-34(20-55)27-65(49)51)31-7-8-32-21-56-15-13-30(32)16-31/h3-12,16,22-23,26-27,43,46-47,56-57H,1-2,13-15,17-18,21,24-25H2,(H,58,60)(H,59,61). The van der Waals surface area contributed by atoms with Crippen LogP contribution in [0.2, 0.25) is 0 Å². The number of hydrogen-bond acceptors (Lipinski definition) is 12. The number of benzene rings is 4. The third-order valence-corrected chi connectivity index (χ3v) is 13.6. The lowest BCUT2D eigenvalue weighted by Crippen LogP contribution is -2.34. The van der Waals surface area contributed by atoms with Gasteiger partial charge in [-0.2, -0.15) is 10.5 Å². The average molecular weight is 893 g/mol. The molecular weight excluding hydrogens is 851 g/mol. The van der Waals surface area contributed by atoms with Crippen molar-refractivity contribution in [1.82, 2.24) is 39.4 Å². The highest BCUT2D eigenvalue weighted by Gasteiger charge is 2.39. The van der Waals surface area contributed by atoms with Crippen LogP contribution < -0.4 is 30.7 Å². The van der Waals surface area contributed by atoms with Crippen molar-refractivity contribution in [1.29, 1.82) is 10.5 Å². The number of nitrogens with zero attached hydrogens (tertiary/aromatic N) is 8. The number of nitriles is 2. The molecule has 0 saturated carbocycles. The molecule has 12 rings (SSSR count). The molecule has 8 heterocycles. The second-order valence-electron chi connectivity index (χ2n) is 17.5. The van der Waals surface area contributed by atoms with E-state index in [4.69, 9.17) is 19.4 Å². The molecule has 0 aliphatic carbocycles. The van der Waals surface area contributed by atoms with Crippen LogP contribution in [0.3, 0.4) is 0 Å². The number of aromatic nitrogens is 6. The first kappa shape index (κ1) is 40.6. The molecule has 0 spiro atoms. The lowest BCUT2D eigenvalue weighted by atomic mass is 9.96. The first-order valence-corrected chi connectivity index (χ1v) is 22.5. The molecule has 0 radical (unpaired) electrons. The quantitative estimate of drug-likeness (QED) is 0.105. The second kappa shape index (κ2) is 16.5. The van der Waals surface area contributed by atoms with Crippen molar-refractivity contribution in [2.45, 2.75) is 70.0 Å². The normalized spacial score (nSPS) is 18.2. The Kier molecular flexibility index (Phi) is 10.00. The number of anilines is 2. The molecule has 3 unspecified atom stereocenters. The minimum Gasteiger partial charge on any atom is -0.486 e. The van der Waals surface area contributed by atoms with E-state index in [1.54, 1.807) is 45.7 Å². The molecule has 4 aliphatic heterocycles. The maximum atomic E-state index is 15.8. The molecule has 0 bridgehead atoms. The lowest BCUT2D eigenvalue weighted by molar-refractivity contribution is 0.0845. The Morgan fingerprint density at radius 3 is 1.85 bits per heavy atom. The molecule has 14 nitrogen and oxygen atoms in total. The summed E-state index contributed by atoms with van der Waals surface area (Å²) < 4.78 is 48.0. The van der Waals surface area contributed by atoms with Gasteiger partial charge in [-0.25, -0.2) is 28.7 Å². The van der Waals surface area contributed by atoms with Crippen LogP contribution in [0.15, 0.2) is 91.5 Å². The maximum Gasteiger partial charge on any atom is 0.208 e. The molecule has 4 aromatic carbocycles. The Morgan fingerprint density at radius 2 is 1.28 bits per heavy atom. The van der Waals surface area contributed by atoms with Crippen molar-refractivity contribution in [3.05, 3.63) is 153 Å². The highest BCUT2D eigenvalue weighted by atomic mass is 19.1. The lowest BCUT2D eigenvalue weighted by Gasteiger charge is -2.18. The Hall–Kier alpha value is -7.92. The van der Waals surface area contributed by atoms with Gasteiger partial charge in [0.1, 0.15) is 47.5 Å². The van der Waals surface area contributed by atoms with E-state index in [2.05, 4.69) is 79.8 Å². The monoisotopic (exact) mass is 892 g/mol. The van der Waals surface area contributed by atoms with Gasteiger partial charge < -0.3 is 30.7 Å². The van der Waals surface area contributed by atoms with Gasteiger partial charge in [0.15, 0.2) is 22.7 Å². The van der Waals surface area contributed by atoms with E-state index in [9.17, 15) is 10.5 Å². The fraction of sp³-hybridized carbons (Fsp3) is 0.255. The zero-order valence-electron chi connectivity index (χ0n) is 36.1. The summed E-state index contributed by atoms with van der Waals surface area (Å²) in [6.45, 7) is 2.93. The molecule has 332 valence electrons. The first-order valence-electron chi connectivity index (χ1n) is 22.5. The van der Waals surface area contributed by atoms with Crippen molar-refractivity contribution in [3.63, 3.8) is 0 Å². The third kappa shape index (κ3) is 7.22. The number of fused-ring (bicyclic) bond motifs is 5. The van der Waals surface area contributed by atoms with Crippen LogP contribution in [-0.2, 0) is 38.9 Å². The third-order valence-electron chi connectivity index (χ3n) is 13.6. The van der Waals surface area contributed by atoms with Crippen LogP contribution >= 0.6 is 0 Å². The van der Waals surface area contributed by atoms with Gasteiger partial charge in [-0.3, -0.25) is 8.80 Å². The van der Waals surface area contributed by atoms with Gasteiger partial charge in [-0.15, -0.1) is 0 Å². The van der Waals surface area contributed by atoms with Crippen molar-refractivity contribution in [3.8, 4) is 45.9 Å². The van der Waals surface area contributed by atoms with Gasteiger partial charge in [-0.1, -0.05) is 42.5 Å². The zero-order valence-corrected chi connectivity index (χ0v) is 36.1. The van der Waals surface area contributed by atoms with Crippen LogP contribution in [0.4, 0.5) is 20.7 Å². The smallest absolute Gasteiger partial charge is 0.208 e. The predicted molar refractivity (Wildman–Crippen MR) is 245 cm³/mol. The van der Waals surface area contributed by atoms with E-state index in [1.165, 1.54) is 28.8 Å².